The second-order valence-electron chi connectivity index (χ2n) is 4.78. The predicted octanol–water partition coefficient (Wildman–Crippen LogP) is 3.09. The molecule has 0 fully saturated rings. The van der Waals surface area contributed by atoms with E-state index in [9.17, 15) is 0 Å². The van der Waals surface area contributed by atoms with Crippen LogP contribution in [-0.4, -0.2) is 20.2 Å². The molecule has 2 aromatic heterocycles. The molecule has 0 spiro atoms. The van der Waals surface area contributed by atoms with Crippen LogP contribution in [0.1, 0.15) is 17.1 Å². The van der Waals surface area contributed by atoms with Gasteiger partial charge in [0, 0.05) is 5.69 Å². The minimum absolute atomic E-state index is 0.715. The summed E-state index contributed by atoms with van der Waals surface area (Å²) < 4.78 is 0. The van der Waals surface area contributed by atoms with Crippen molar-refractivity contribution in [3.05, 3.63) is 47.4 Å². The fourth-order valence-corrected chi connectivity index (χ4v) is 1.92. The van der Waals surface area contributed by atoms with E-state index in [1.807, 2.05) is 51.1 Å². The number of aromatic nitrogens is 4. The molecule has 0 saturated carbocycles. The maximum absolute atomic E-state index is 4.55. The van der Waals surface area contributed by atoms with Crippen molar-refractivity contribution in [1.29, 1.82) is 0 Å². The number of nitrogens with one attached hydrogen (secondary N) is 1. The highest BCUT2D eigenvalue weighted by molar-refractivity contribution is 5.79. The maximum atomic E-state index is 4.55. The van der Waals surface area contributed by atoms with Crippen LogP contribution in [-0.2, 0) is 0 Å². The molecule has 0 aliphatic heterocycles. The Morgan fingerprint density at radius 3 is 2.25 bits per heavy atom. The van der Waals surface area contributed by atoms with E-state index >= 15 is 0 Å². The first-order chi connectivity index (χ1) is 9.61. The third-order valence-electron chi connectivity index (χ3n) is 3.15. The fourth-order valence-electron chi connectivity index (χ4n) is 1.92. The van der Waals surface area contributed by atoms with Crippen molar-refractivity contribution in [2.45, 2.75) is 20.8 Å². The van der Waals surface area contributed by atoms with Crippen molar-refractivity contribution in [2.75, 3.05) is 5.32 Å². The lowest BCUT2D eigenvalue weighted by atomic mass is 10.2. The van der Waals surface area contributed by atoms with Crippen LogP contribution in [0.2, 0.25) is 0 Å². The van der Waals surface area contributed by atoms with Gasteiger partial charge in [0.15, 0.2) is 5.82 Å². The molecule has 20 heavy (non-hydrogen) atoms. The normalized spacial score (nSPS) is 10.8. The second-order valence-corrected chi connectivity index (χ2v) is 4.78. The molecule has 0 atom stereocenters. The van der Waals surface area contributed by atoms with Crippen molar-refractivity contribution < 1.29 is 0 Å². The second kappa shape index (κ2) is 4.85. The number of hydrogen-bond donors (Lipinski definition) is 1. The molecule has 1 aromatic carbocycles. The van der Waals surface area contributed by atoms with Gasteiger partial charge in [-0.3, -0.25) is 0 Å². The largest absolute Gasteiger partial charge is 0.339 e. The Balaban J connectivity index is 1.96. The molecule has 5 nitrogen and oxygen atoms in total. The van der Waals surface area contributed by atoms with Crippen molar-refractivity contribution in [1.82, 2.24) is 20.2 Å². The lowest BCUT2D eigenvalue weighted by Gasteiger charge is -2.07. The molecule has 0 amide bonds. The summed E-state index contributed by atoms with van der Waals surface area (Å²) >= 11 is 0. The number of fused-ring (bicyclic) bond motifs is 1. The average Bonchev–Trinajstić information content (AvgIpc) is 2.43. The van der Waals surface area contributed by atoms with E-state index in [0.29, 0.717) is 5.82 Å². The zero-order chi connectivity index (χ0) is 14.1. The minimum Gasteiger partial charge on any atom is -0.339 e. The highest BCUT2D eigenvalue weighted by atomic mass is 15.2. The van der Waals surface area contributed by atoms with E-state index in [1.165, 1.54) is 0 Å². The third-order valence-corrected chi connectivity index (χ3v) is 3.15. The molecule has 0 radical (unpaired) electrons. The van der Waals surface area contributed by atoms with Crippen LogP contribution in [0.4, 0.5) is 11.5 Å². The molecule has 3 rings (SSSR count). The minimum atomic E-state index is 0.715. The zero-order valence-electron chi connectivity index (χ0n) is 11.7. The van der Waals surface area contributed by atoms with E-state index in [-0.39, 0.29) is 0 Å². The summed E-state index contributed by atoms with van der Waals surface area (Å²) in [5.74, 6) is 0.715. The van der Waals surface area contributed by atoms with Gasteiger partial charge in [-0.1, -0.05) is 0 Å². The van der Waals surface area contributed by atoms with Crippen LogP contribution in [0.25, 0.3) is 11.0 Å². The van der Waals surface area contributed by atoms with Gasteiger partial charge in [0.05, 0.1) is 28.1 Å². The molecule has 100 valence electrons. The third kappa shape index (κ3) is 2.42. The van der Waals surface area contributed by atoms with Crippen molar-refractivity contribution in [3.63, 3.8) is 0 Å². The molecule has 0 bridgehead atoms. The summed E-state index contributed by atoms with van der Waals surface area (Å²) in [5, 5.41) is 11.3. The standard InChI is InChI=1S/C15H15N5/c1-9-4-7-15(20-19-9)18-12-5-6-13-14(8-12)17-11(3)10(2)16-13/h4-8H,1-3H3,(H,18,20). The van der Waals surface area contributed by atoms with E-state index < -0.39 is 0 Å². The monoisotopic (exact) mass is 265 g/mol. The number of aryl methyl sites for hydroxylation is 3. The molecule has 2 heterocycles. The van der Waals surface area contributed by atoms with Crippen molar-refractivity contribution >= 4 is 22.5 Å². The van der Waals surface area contributed by atoms with Gasteiger partial charge in [-0.05, 0) is 51.1 Å². The summed E-state index contributed by atoms with van der Waals surface area (Å²) in [5.41, 5.74) is 5.50. The molecule has 5 heteroatoms. The quantitative estimate of drug-likeness (QED) is 0.771. The van der Waals surface area contributed by atoms with Crippen LogP contribution < -0.4 is 5.32 Å². The molecule has 1 N–H and O–H groups in total. The van der Waals surface area contributed by atoms with Crippen LogP contribution in [0.5, 0.6) is 0 Å². The average molecular weight is 265 g/mol. The summed E-state index contributed by atoms with van der Waals surface area (Å²) in [4.78, 5) is 9.07. The predicted molar refractivity (Wildman–Crippen MR) is 79.1 cm³/mol. The number of nitrogens with zero attached hydrogens (tertiary/aromatic N) is 4. The first-order valence-electron chi connectivity index (χ1n) is 6.44. The van der Waals surface area contributed by atoms with Gasteiger partial charge in [-0.15, -0.1) is 5.10 Å². The maximum Gasteiger partial charge on any atom is 0.153 e. The smallest absolute Gasteiger partial charge is 0.153 e. The van der Waals surface area contributed by atoms with E-state index in [4.69, 9.17) is 0 Å². The molecule has 3 aromatic rings. The van der Waals surface area contributed by atoms with Gasteiger partial charge in [0.1, 0.15) is 0 Å². The Kier molecular flexibility index (Phi) is 3.02. The van der Waals surface area contributed by atoms with Crippen molar-refractivity contribution in [2.24, 2.45) is 0 Å². The lowest BCUT2D eigenvalue weighted by molar-refractivity contribution is 0.986. The molecule has 0 unspecified atom stereocenters. The van der Waals surface area contributed by atoms with Crippen molar-refractivity contribution in [3.8, 4) is 0 Å². The number of benzene rings is 1. The van der Waals surface area contributed by atoms with E-state index in [1.54, 1.807) is 0 Å². The molecule has 0 aliphatic carbocycles. The van der Waals surface area contributed by atoms with Gasteiger partial charge in [-0.25, -0.2) is 9.97 Å². The van der Waals surface area contributed by atoms with E-state index in [0.717, 1.165) is 33.8 Å². The first-order valence-corrected chi connectivity index (χ1v) is 6.44. The van der Waals surface area contributed by atoms with Gasteiger partial charge < -0.3 is 5.32 Å². The Bertz CT molecular complexity index is 765. The molecular formula is C15H15N5. The lowest BCUT2D eigenvalue weighted by Crippen LogP contribution is -1.98. The van der Waals surface area contributed by atoms with Crippen LogP contribution in [0.15, 0.2) is 30.3 Å². The molecular weight excluding hydrogens is 250 g/mol. The number of rotatable bonds is 2. The number of anilines is 2. The Labute approximate surface area is 117 Å². The van der Waals surface area contributed by atoms with Gasteiger partial charge in [0.2, 0.25) is 0 Å². The fraction of sp³-hybridized carbons (Fsp3) is 0.200. The Morgan fingerprint density at radius 1 is 0.800 bits per heavy atom. The summed E-state index contributed by atoms with van der Waals surface area (Å²) in [7, 11) is 0. The van der Waals surface area contributed by atoms with Crippen LogP contribution >= 0.6 is 0 Å². The van der Waals surface area contributed by atoms with E-state index in [2.05, 4.69) is 25.5 Å². The molecule has 0 aliphatic rings. The highest BCUT2D eigenvalue weighted by Crippen LogP contribution is 2.20. The SMILES string of the molecule is Cc1ccc(Nc2ccc3nc(C)c(C)nc3c2)nn1. The van der Waals surface area contributed by atoms with Gasteiger partial charge in [0.25, 0.3) is 0 Å². The number of hydrogen-bond acceptors (Lipinski definition) is 5. The van der Waals surface area contributed by atoms with Gasteiger partial charge >= 0.3 is 0 Å². The van der Waals surface area contributed by atoms with Crippen LogP contribution in [0, 0.1) is 20.8 Å². The summed E-state index contributed by atoms with van der Waals surface area (Å²) in [6.07, 6.45) is 0. The highest BCUT2D eigenvalue weighted by Gasteiger charge is 2.03. The zero-order valence-corrected chi connectivity index (χ0v) is 11.7. The first kappa shape index (κ1) is 12.5. The summed E-state index contributed by atoms with van der Waals surface area (Å²) in [6, 6.07) is 9.71. The Morgan fingerprint density at radius 2 is 1.55 bits per heavy atom. The molecule has 0 saturated heterocycles. The van der Waals surface area contributed by atoms with Gasteiger partial charge in [-0.2, -0.15) is 5.10 Å². The topological polar surface area (TPSA) is 63.6 Å². The summed E-state index contributed by atoms with van der Waals surface area (Å²) in [6.45, 7) is 5.84. The van der Waals surface area contributed by atoms with Crippen LogP contribution in [0.3, 0.4) is 0 Å². The Hall–Kier alpha value is -2.56.